The molecule has 0 aromatic heterocycles. The summed E-state index contributed by atoms with van der Waals surface area (Å²) < 4.78 is 9.89. The SMILES string of the molecule is COCCN(C)CC(=O)N(C)c1ccc(N/C(=C2/C(=O)Nc3cc(C(=O)OC)ccc32)c2ccccc2)cc1. The number of hydrogen-bond donors (Lipinski definition) is 2. The largest absolute Gasteiger partial charge is 0.465 e. The van der Waals surface area contributed by atoms with E-state index in [9.17, 15) is 14.4 Å². The summed E-state index contributed by atoms with van der Waals surface area (Å²) in [6.45, 7) is 1.49. The predicted molar refractivity (Wildman–Crippen MR) is 153 cm³/mol. The van der Waals surface area contributed by atoms with Gasteiger partial charge in [0.25, 0.3) is 5.91 Å². The number of nitrogens with one attached hydrogen (secondary N) is 2. The molecule has 9 nitrogen and oxygen atoms in total. The van der Waals surface area contributed by atoms with E-state index in [1.54, 1.807) is 37.3 Å². The molecule has 2 N–H and O–H groups in total. The van der Waals surface area contributed by atoms with Gasteiger partial charge in [-0.05, 0) is 49.0 Å². The van der Waals surface area contributed by atoms with Crippen molar-refractivity contribution in [2.75, 3.05) is 63.5 Å². The molecule has 2 amide bonds. The van der Waals surface area contributed by atoms with E-state index in [-0.39, 0.29) is 18.4 Å². The molecule has 1 heterocycles. The Balaban J connectivity index is 1.62. The number of likely N-dealkylation sites (N-methyl/N-ethyl adjacent to an activating group) is 2. The lowest BCUT2D eigenvalue weighted by Crippen LogP contribution is -2.37. The Morgan fingerprint density at radius 1 is 0.923 bits per heavy atom. The second-order valence-corrected chi connectivity index (χ2v) is 9.18. The lowest BCUT2D eigenvalue weighted by molar-refractivity contribution is -0.119. The summed E-state index contributed by atoms with van der Waals surface area (Å²) >= 11 is 0. The van der Waals surface area contributed by atoms with Gasteiger partial charge in [-0.15, -0.1) is 0 Å². The van der Waals surface area contributed by atoms with Crippen molar-refractivity contribution in [3.8, 4) is 0 Å². The number of amides is 2. The highest BCUT2D eigenvalue weighted by molar-refractivity contribution is 6.37. The van der Waals surface area contributed by atoms with Crippen molar-refractivity contribution in [2.24, 2.45) is 0 Å². The van der Waals surface area contributed by atoms with E-state index in [1.807, 2.05) is 66.5 Å². The third-order valence-electron chi connectivity index (χ3n) is 6.48. The normalized spacial score (nSPS) is 13.5. The summed E-state index contributed by atoms with van der Waals surface area (Å²) in [5.74, 6) is -0.791. The minimum Gasteiger partial charge on any atom is -0.465 e. The average Bonchev–Trinajstić information content (AvgIpc) is 3.29. The highest BCUT2D eigenvalue weighted by Gasteiger charge is 2.29. The molecule has 0 saturated carbocycles. The highest BCUT2D eigenvalue weighted by Crippen LogP contribution is 2.38. The topological polar surface area (TPSA) is 100 Å². The maximum Gasteiger partial charge on any atom is 0.337 e. The van der Waals surface area contributed by atoms with Gasteiger partial charge in [-0.3, -0.25) is 14.5 Å². The van der Waals surface area contributed by atoms with Crippen molar-refractivity contribution in [3.63, 3.8) is 0 Å². The minimum absolute atomic E-state index is 0.0352. The third kappa shape index (κ3) is 6.34. The number of benzene rings is 3. The van der Waals surface area contributed by atoms with Gasteiger partial charge in [0.2, 0.25) is 5.91 Å². The number of hydrogen-bond acceptors (Lipinski definition) is 7. The number of nitrogens with zero attached hydrogens (tertiary/aromatic N) is 2. The van der Waals surface area contributed by atoms with Crippen LogP contribution in [-0.2, 0) is 19.1 Å². The predicted octanol–water partition coefficient (Wildman–Crippen LogP) is 3.95. The molecule has 3 aromatic carbocycles. The summed E-state index contributed by atoms with van der Waals surface area (Å²) in [5.41, 5.74) is 4.97. The smallest absolute Gasteiger partial charge is 0.337 e. The Kier molecular flexibility index (Phi) is 8.75. The van der Waals surface area contributed by atoms with Crippen LogP contribution >= 0.6 is 0 Å². The molecule has 0 bridgehead atoms. The molecule has 1 aliphatic rings. The van der Waals surface area contributed by atoms with Gasteiger partial charge < -0.3 is 25.0 Å². The van der Waals surface area contributed by atoms with Gasteiger partial charge in [0.05, 0.1) is 42.8 Å². The van der Waals surface area contributed by atoms with Crippen molar-refractivity contribution in [3.05, 3.63) is 89.5 Å². The Hall–Kier alpha value is -4.47. The summed E-state index contributed by atoms with van der Waals surface area (Å²) in [6, 6.07) is 22.0. The number of rotatable bonds is 10. The van der Waals surface area contributed by atoms with Crippen LogP contribution in [0.5, 0.6) is 0 Å². The molecular formula is C30H32N4O5. The number of carbonyl (C=O) groups is 3. The first-order valence-electron chi connectivity index (χ1n) is 12.5. The molecule has 0 fully saturated rings. The van der Waals surface area contributed by atoms with E-state index in [4.69, 9.17) is 9.47 Å². The number of methoxy groups -OCH3 is 2. The maximum atomic E-state index is 13.2. The molecule has 3 aromatic rings. The molecular weight excluding hydrogens is 496 g/mol. The molecule has 39 heavy (non-hydrogen) atoms. The molecule has 9 heteroatoms. The van der Waals surface area contributed by atoms with Gasteiger partial charge >= 0.3 is 5.97 Å². The Bertz CT molecular complexity index is 1390. The average molecular weight is 529 g/mol. The van der Waals surface area contributed by atoms with Crippen LogP contribution in [0.15, 0.2) is 72.8 Å². The molecule has 202 valence electrons. The van der Waals surface area contributed by atoms with E-state index in [2.05, 4.69) is 10.6 Å². The zero-order chi connectivity index (χ0) is 27.9. The molecule has 4 rings (SSSR count). The van der Waals surface area contributed by atoms with E-state index in [0.717, 1.165) is 16.9 Å². The minimum atomic E-state index is -0.476. The second kappa shape index (κ2) is 12.4. The van der Waals surface area contributed by atoms with Crippen molar-refractivity contribution in [1.29, 1.82) is 0 Å². The van der Waals surface area contributed by atoms with E-state index >= 15 is 0 Å². The van der Waals surface area contributed by atoms with Gasteiger partial charge in [-0.25, -0.2) is 4.79 Å². The third-order valence-corrected chi connectivity index (χ3v) is 6.48. The van der Waals surface area contributed by atoms with Crippen LogP contribution in [-0.4, -0.2) is 70.7 Å². The van der Waals surface area contributed by atoms with E-state index < -0.39 is 5.97 Å². The lowest BCUT2D eigenvalue weighted by Gasteiger charge is -2.22. The van der Waals surface area contributed by atoms with Crippen molar-refractivity contribution in [1.82, 2.24) is 4.90 Å². The van der Waals surface area contributed by atoms with Crippen LogP contribution in [0.3, 0.4) is 0 Å². The van der Waals surface area contributed by atoms with Gasteiger partial charge in [0.1, 0.15) is 0 Å². The Morgan fingerprint density at radius 3 is 2.31 bits per heavy atom. The first-order valence-corrected chi connectivity index (χ1v) is 12.5. The summed E-state index contributed by atoms with van der Waals surface area (Å²) in [4.78, 5) is 41.4. The van der Waals surface area contributed by atoms with Crippen LogP contribution in [0.2, 0.25) is 0 Å². The fraction of sp³-hybridized carbons (Fsp3) is 0.233. The zero-order valence-corrected chi connectivity index (χ0v) is 22.5. The molecule has 0 aliphatic carbocycles. The monoisotopic (exact) mass is 528 g/mol. The fourth-order valence-corrected chi connectivity index (χ4v) is 4.27. The van der Waals surface area contributed by atoms with Gasteiger partial charge in [-0.1, -0.05) is 36.4 Å². The number of anilines is 3. The number of esters is 1. The molecule has 0 spiro atoms. The molecule has 1 aliphatic heterocycles. The van der Waals surface area contributed by atoms with Crippen molar-refractivity contribution >= 4 is 46.1 Å². The highest BCUT2D eigenvalue weighted by atomic mass is 16.5. The molecule has 0 unspecified atom stereocenters. The van der Waals surface area contributed by atoms with Crippen LogP contribution in [0, 0.1) is 0 Å². The second-order valence-electron chi connectivity index (χ2n) is 9.18. The summed E-state index contributed by atoms with van der Waals surface area (Å²) in [5, 5.41) is 6.28. The van der Waals surface area contributed by atoms with Crippen molar-refractivity contribution in [2.45, 2.75) is 0 Å². The molecule has 0 radical (unpaired) electrons. The Morgan fingerprint density at radius 2 is 1.64 bits per heavy atom. The number of fused-ring (bicyclic) bond motifs is 1. The van der Waals surface area contributed by atoms with Crippen LogP contribution in [0.4, 0.5) is 17.1 Å². The summed E-state index contributed by atoms with van der Waals surface area (Å²) in [7, 11) is 6.57. The van der Waals surface area contributed by atoms with Crippen LogP contribution in [0.1, 0.15) is 21.5 Å². The maximum absolute atomic E-state index is 13.2. The molecule has 0 saturated heterocycles. The standard InChI is InChI=1S/C30H32N4O5/c1-33(16-17-38-3)19-26(35)34(2)23-13-11-22(12-14-23)31-28(20-8-6-5-7-9-20)27-24-15-10-21(30(37)39-4)18-25(24)32-29(27)36/h5-15,18,31H,16-17,19H2,1-4H3,(H,32,36)/b28-27+. The van der Waals surface area contributed by atoms with Gasteiger partial charge in [-0.2, -0.15) is 0 Å². The molecule has 0 atom stereocenters. The number of ether oxygens (including phenoxy) is 2. The Labute approximate surface area is 228 Å². The zero-order valence-electron chi connectivity index (χ0n) is 22.5. The van der Waals surface area contributed by atoms with Crippen LogP contribution in [0.25, 0.3) is 11.3 Å². The van der Waals surface area contributed by atoms with Crippen LogP contribution < -0.4 is 15.5 Å². The van der Waals surface area contributed by atoms with E-state index in [1.165, 1.54) is 7.11 Å². The fourth-order valence-electron chi connectivity index (χ4n) is 4.27. The summed E-state index contributed by atoms with van der Waals surface area (Å²) in [6.07, 6.45) is 0. The quantitative estimate of drug-likeness (QED) is 0.304. The van der Waals surface area contributed by atoms with Gasteiger partial charge in [0, 0.05) is 37.6 Å². The first-order chi connectivity index (χ1) is 18.8. The van der Waals surface area contributed by atoms with Crippen molar-refractivity contribution < 1.29 is 23.9 Å². The number of carbonyl (C=O) groups excluding carboxylic acids is 3. The van der Waals surface area contributed by atoms with E-state index in [0.29, 0.717) is 41.2 Å². The first kappa shape index (κ1) is 27.6. The lowest BCUT2D eigenvalue weighted by atomic mass is 9.99. The van der Waals surface area contributed by atoms with Gasteiger partial charge in [0.15, 0.2) is 0 Å².